The summed E-state index contributed by atoms with van der Waals surface area (Å²) in [6.07, 6.45) is 2.41. The van der Waals surface area contributed by atoms with Crippen molar-refractivity contribution in [3.63, 3.8) is 0 Å². The van der Waals surface area contributed by atoms with Crippen molar-refractivity contribution in [2.75, 3.05) is 23.3 Å². The molecule has 0 unspecified atom stereocenters. The first-order valence-corrected chi connectivity index (χ1v) is 7.56. The molecule has 0 aromatic heterocycles. The van der Waals surface area contributed by atoms with E-state index in [0.717, 1.165) is 30.0 Å². The van der Waals surface area contributed by atoms with E-state index in [9.17, 15) is 9.18 Å². The van der Waals surface area contributed by atoms with Crippen molar-refractivity contribution in [1.82, 2.24) is 0 Å². The van der Waals surface area contributed by atoms with Crippen molar-refractivity contribution in [3.8, 4) is 0 Å². The highest BCUT2D eigenvalue weighted by molar-refractivity contribution is 6.04. The third-order valence-electron chi connectivity index (χ3n) is 4.03. The lowest BCUT2D eigenvalue weighted by atomic mass is 10.1. The first-order chi connectivity index (χ1) is 10.6. The summed E-state index contributed by atoms with van der Waals surface area (Å²) in [4.78, 5) is 14.6. The Morgan fingerprint density at radius 2 is 1.91 bits per heavy atom. The van der Waals surface area contributed by atoms with Crippen molar-refractivity contribution in [2.24, 2.45) is 0 Å². The van der Waals surface area contributed by atoms with Gasteiger partial charge in [0.25, 0.3) is 5.91 Å². The molecule has 0 atom stereocenters. The molecule has 0 radical (unpaired) electrons. The highest BCUT2D eigenvalue weighted by Crippen LogP contribution is 2.26. The predicted molar refractivity (Wildman–Crippen MR) is 87.0 cm³/mol. The van der Waals surface area contributed by atoms with Gasteiger partial charge in [-0.25, -0.2) is 4.39 Å². The van der Waals surface area contributed by atoms with Gasteiger partial charge in [-0.3, -0.25) is 4.79 Å². The van der Waals surface area contributed by atoms with E-state index >= 15 is 0 Å². The minimum Gasteiger partial charge on any atom is -0.371 e. The number of benzene rings is 2. The van der Waals surface area contributed by atoms with Gasteiger partial charge in [-0.15, -0.1) is 0 Å². The molecule has 1 aliphatic heterocycles. The molecule has 4 heteroatoms. The van der Waals surface area contributed by atoms with Gasteiger partial charge in [-0.05, 0) is 55.7 Å². The van der Waals surface area contributed by atoms with Crippen LogP contribution in [0.15, 0.2) is 42.5 Å². The van der Waals surface area contributed by atoms with Crippen LogP contribution in [0.25, 0.3) is 0 Å². The summed E-state index contributed by atoms with van der Waals surface area (Å²) < 4.78 is 13.2. The summed E-state index contributed by atoms with van der Waals surface area (Å²) >= 11 is 0. The van der Waals surface area contributed by atoms with Gasteiger partial charge in [0, 0.05) is 30.0 Å². The van der Waals surface area contributed by atoms with Crippen LogP contribution >= 0.6 is 0 Å². The molecule has 0 saturated carbocycles. The van der Waals surface area contributed by atoms with Crippen molar-refractivity contribution in [1.29, 1.82) is 0 Å². The van der Waals surface area contributed by atoms with E-state index in [1.54, 1.807) is 6.07 Å². The second-order valence-corrected chi connectivity index (χ2v) is 5.66. The lowest BCUT2D eigenvalue weighted by Gasteiger charge is -2.19. The van der Waals surface area contributed by atoms with Crippen molar-refractivity contribution >= 4 is 17.3 Å². The number of hydrogen-bond donors (Lipinski definition) is 1. The Morgan fingerprint density at radius 3 is 2.64 bits per heavy atom. The Balaban J connectivity index is 1.82. The molecule has 1 amide bonds. The maximum atomic E-state index is 13.2. The lowest BCUT2D eigenvalue weighted by molar-refractivity contribution is 0.102. The van der Waals surface area contributed by atoms with Gasteiger partial charge < -0.3 is 10.2 Å². The van der Waals surface area contributed by atoms with Crippen molar-refractivity contribution in [2.45, 2.75) is 19.8 Å². The number of amides is 1. The molecule has 0 bridgehead atoms. The van der Waals surface area contributed by atoms with E-state index in [4.69, 9.17) is 0 Å². The van der Waals surface area contributed by atoms with Crippen molar-refractivity contribution < 1.29 is 9.18 Å². The zero-order valence-corrected chi connectivity index (χ0v) is 12.6. The molecule has 1 heterocycles. The number of nitrogens with one attached hydrogen (secondary N) is 1. The molecule has 2 aromatic carbocycles. The summed E-state index contributed by atoms with van der Waals surface area (Å²) in [5.41, 5.74) is 3.22. The van der Waals surface area contributed by atoms with Crippen LogP contribution in [-0.4, -0.2) is 19.0 Å². The third kappa shape index (κ3) is 3.11. The molecule has 1 aliphatic rings. The molecular formula is C18H19FN2O. The zero-order chi connectivity index (χ0) is 15.5. The second-order valence-electron chi connectivity index (χ2n) is 5.66. The molecule has 3 rings (SSSR count). The van der Waals surface area contributed by atoms with E-state index in [0.29, 0.717) is 5.56 Å². The number of aryl methyl sites for hydroxylation is 1. The van der Waals surface area contributed by atoms with Gasteiger partial charge >= 0.3 is 0 Å². The molecule has 0 spiro atoms. The lowest BCUT2D eigenvalue weighted by Crippen LogP contribution is -2.18. The molecule has 1 fully saturated rings. The summed E-state index contributed by atoms with van der Waals surface area (Å²) in [6.45, 7) is 4.07. The smallest absolute Gasteiger partial charge is 0.255 e. The largest absolute Gasteiger partial charge is 0.371 e. The number of carbonyl (C=O) groups is 1. The van der Waals surface area contributed by atoms with Gasteiger partial charge in [0.2, 0.25) is 0 Å². The minimum absolute atomic E-state index is 0.291. The minimum atomic E-state index is -0.407. The quantitative estimate of drug-likeness (QED) is 0.929. The third-order valence-corrected chi connectivity index (χ3v) is 4.03. The first kappa shape index (κ1) is 14.6. The first-order valence-electron chi connectivity index (χ1n) is 7.56. The Kier molecular flexibility index (Phi) is 4.09. The van der Waals surface area contributed by atoms with Gasteiger partial charge in [0.15, 0.2) is 0 Å². The Morgan fingerprint density at radius 1 is 1.14 bits per heavy atom. The number of anilines is 2. The normalized spacial score (nSPS) is 14.2. The molecular weight excluding hydrogens is 279 g/mol. The SMILES string of the molecule is Cc1ccc(N2CCCC2)cc1NC(=O)c1cccc(F)c1. The van der Waals surface area contributed by atoms with E-state index in [2.05, 4.69) is 16.3 Å². The highest BCUT2D eigenvalue weighted by atomic mass is 19.1. The maximum Gasteiger partial charge on any atom is 0.255 e. The molecule has 2 aromatic rings. The summed E-state index contributed by atoms with van der Waals surface area (Å²) in [7, 11) is 0. The van der Waals surface area contributed by atoms with Crippen LogP contribution in [0.2, 0.25) is 0 Å². The number of hydrogen-bond acceptors (Lipinski definition) is 2. The van der Waals surface area contributed by atoms with Crippen molar-refractivity contribution in [3.05, 3.63) is 59.4 Å². The maximum absolute atomic E-state index is 13.2. The van der Waals surface area contributed by atoms with Crippen LogP contribution in [0.5, 0.6) is 0 Å². The van der Waals surface area contributed by atoms with Gasteiger partial charge in [0.05, 0.1) is 0 Å². The fraction of sp³-hybridized carbons (Fsp3) is 0.278. The predicted octanol–water partition coefficient (Wildman–Crippen LogP) is 3.99. The van der Waals surface area contributed by atoms with E-state index < -0.39 is 5.82 Å². The monoisotopic (exact) mass is 298 g/mol. The number of halogens is 1. The topological polar surface area (TPSA) is 32.3 Å². The van der Waals surface area contributed by atoms with Gasteiger partial charge in [-0.1, -0.05) is 12.1 Å². The molecule has 0 aliphatic carbocycles. The zero-order valence-electron chi connectivity index (χ0n) is 12.6. The highest BCUT2D eigenvalue weighted by Gasteiger charge is 2.14. The Bertz CT molecular complexity index is 693. The summed E-state index contributed by atoms with van der Waals surface area (Å²) in [5, 5.41) is 2.89. The van der Waals surface area contributed by atoms with Crippen LogP contribution < -0.4 is 10.2 Å². The van der Waals surface area contributed by atoms with Crippen LogP contribution in [0.3, 0.4) is 0 Å². The molecule has 114 valence electrons. The van der Waals surface area contributed by atoms with E-state index in [1.165, 1.54) is 31.0 Å². The summed E-state index contributed by atoms with van der Waals surface area (Å²) in [6, 6.07) is 11.8. The summed E-state index contributed by atoms with van der Waals surface area (Å²) in [5.74, 6) is -0.698. The van der Waals surface area contributed by atoms with E-state index in [-0.39, 0.29) is 5.91 Å². The standard InChI is InChI=1S/C18H19FN2O/c1-13-7-8-16(21-9-2-3-10-21)12-17(13)20-18(22)14-5-4-6-15(19)11-14/h4-8,11-12H,2-3,9-10H2,1H3,(H,20,22). The fourth-order valence-corrected chi connectivity index (χ4v) is 2.74. The Hall–Kier alpha value is -2.36. The van der Waals surface area contributed by atoms with Crippen LogP contribution in [0.4, 0.5) is 15.8 Å². The van der Waals surface area contributed by atoms with Crippen LogP contribution in [0.1, 0.15) is 28.8 Å². The molecule has 1 saturated heterocycles. The average Bonchev–Trinajstić information content (AvgIpc) is 3.04. The fourth-order valence-electron chi connectivity index (χ4n) is 2.74. The molecule has 3 nitrogen and oxygen atoms in total. The van der Waals surface area contributed by atoms with Crippen LogP contribution in [0, 0.1) is 12.7 Å². The number of carbonyl (C=O) groups excluding carboxylic acids is 1. The molecule has 1 N–H and O–H groups in total. The number of rotatable bonds is 3. The average molecular weight is 298 g/mol. The van der Waals surface area contributed by atoms with Gasteiger partial charge in [-0.2, -0.15) is 0 Å². The molecule has 22 heavy (non-hydrogen) atoms. The number of nitrogens with zero attached hydrogens (tertiary/aromatic N) is 1. The Labute approximate surface area is 129 Å². The second kappa shape index (κ2) is 6.18. The van der Waals surface area contributed by atoms with E-state index in [1.807, 2.05) is 19.1 Å². The van der Waals surface area contributed by atoms with Crippen LogP contribution in [-0.2, 0) is 0 Å². The van der Waals surface area contributed by atoms with Gasteiger partial charge in [0.1, 0.15) is 5.82 Å².